The number of alkyl halides is 3. The smallest absolute Gasteiger partial charge is 0.434 e. The highest BCUT2D eigenvalue weighted by molar-refractivity contribution is 7.91. The molecule has 1 N–H and O–H groups in total. The number of halogens is 5. The van der Waals surface area contributed by atoms with E-state index in [-0.39, 0.29) is 10.6 Å². The van der Waals surface area contributed by atoms with E-state index < -0.39 is 76.7 Å². The van der Waals surface area contributed by atoms with E-state index in [1.807, 2.05) is 0 Å². The minimum atomic E-state index is -5.06. The van der Waals surface area contributed by atoms with Crippen molar-refractivity contribution in [2.24, 2.45) is 0 Å². The molecule has 0 radical (unpaired) electrons. The topological polar surface area (TPSA) is 132 Å². The van der Waals surface area contributed by atoms with E-state index in [0.717, 1.165) is 19.2 Å². The molecule has 0 unspecified atom stereocenters. The van der Waals surface area contributed by atoms with Crippen LogP contribution in [0.4, 0.5) is 27.6 Å². The average Bonchev–Trinajstić information content (AvgIpc) is 2.74. The van der Waals surface area contributed by atoms with Gasteiger partial charge in [-0.3, -0.25) is 4.79 Å². The van der Waals surface area contributed by atoms with Crippen LogP contribution in [0.5, 0.6) is 11.6 Å². The lowest BCUT2D eigenvalue weighted by Gasteiger charge is -2.16. The number of rotatable bonds is 6. The second kappa shape index (κ2) is 9.66. The number of anilines is 1. The van der Waals surface area contributed by atoms with Gasteiger partial charge in [-0.15, -0.1) is 10.2 Å². The Hall–Kier alpha value is -3.66. The Kier molecular flexibility index (Phi) is 7.29. The second-order valence-corrected chi connectivity index (χ2v) is 11.7. The van der Waals surface area contributed by atoms with Crippen molar-refractivity contribution in [2.45, 2.75) is 22.9 Å². The highest BCUT2D eigenvalue weighted by Gasteiger charge is 2.38. The molecule has 16 heteroatoms. The molecule has 0 aliphatic rings. The van der Waals surface area contributed by atoms with Gasteiger partial charge in [0.1, 0.15) is 10.5 Å². The van der Waals surface area contributed by atoms with Crippen molar-refractivity contribution in [1.29, 1.82) is 0 Å². The molecular formula is C21H16F5N3O6S2. The van der Waals surface area contributed by atoms with E-state index in [2.05, 4.69) is 15.5 Å². The number of ether oxygens (including phenoxy) is 1. The van der Waals surface area contributed by atoms with Crippen molar-refractivity contribution in [3.05, 3.63) is 64.9 Å². The standard InChI is InChI=1S/C21H16F5N3O6S2/c1-10-15(19(30)27-11-5-4-6-12(9-11)36(2,31)32)20(29-28-18(10)21(24,25)26)35-13-7-8-14(37(3,33)34)17(23)16(13)22/h4-9H,1-3H3,(H,27,30). The normalized spacial score (nSPS) is 12.3. The molecule has 0 saturated heterocycles. The molecule has 2 aromatic carbocycles. The third kappa shape index (κ3) is 6.02. The summed E-state index contributed by atoms with van der Waals surface area (Å²) in [6.45, 7) is 0.857. The molecule has 9 nitrogen and oxygen atoms in total. The summed E-state index contributed by atoms with van der Waals surface area (Å²) in [5.41, 5.74) is -3.37. The van der Waals surface area contributed by atoms with E-state index >= 15 is 0 Å². The third-order valence-electron chi connectivity index (χ3n) is 4.82. The third-order valence-corrected chi connectivity index (χ3v) is 7.04. The van der Waals surface area contributed by atoms with E-state index in [1.165, 1.54) is 18.2 Å². The summed E-state index contributed by atoms with van der Waals surface area (Å²) in [6.07, 6.45) is -3.54. The maximum absolute atomic E-state index is 14.5. The highest BCUT2D eigenvalue weighted by atomic mass is 32.2. The van der Waals surface area contributed by atoms with Gasteiger partial charge in [-0.2, -0.15) is 17.6 Å². The van der Waals surface area contributed by atoms with Crippen LogP contribution in [0.2, 0.25) is 0 Å². The van der Waals surface area contributed by atoms with Gasteiger partial charge in [-0.25, -0.2) is 21.2 Å². The zero-order valence-corrected chi connectivity index (χ0v) is 20.6. The van der Waals surface area contributed by atoms with E-state index in [9.17, 15) is 43.6 Å². The Morgan fingerprint density at radius 3 is 2.16 bits per heavy atom. The highest BCUT2D eigenvalue weighted by Crippen LogP contribution is 2.36. The summed E-state index contributed by atoms with van der Waals surface area (Å²) >= 11 is 0. The van der Waals surface area contributed by atoms with Gasteiger partial charge in [-0.05, 0) is 42.8 Å². The Balaban J connectivity index is 2.12. The van der Waals surface area contributed by atoms with Crippen LogP contribution in [0.3, 0.4) is 0 Å². The summed E-state index contributed by atoms with van der Waals surface area (Å²) in [6, 6.07) is 6.12. The first kappa shape index (κ1) is 27.9. The molecule has 198 valence electrons. The first-order valence-corrected chi connectivity index (χ1v) is 13.6. The van der Waals surface area contributed by atoms with Crippen molar-refractivity contribution >= 4 is 31.3 Å². The fourth-order valence-electron chi connectivity index (χ4n) is 3.09. The lowest BCUT2D eigenvalue weighted by atomic mass is 10.1. The van der Waals surface area contributed by atoms with Crippen molar-refractivity contribution in [3.63, 3.8) is 0 Å². The number of nitrogens with one attached hydrogen (secondary N) is 1. The van der Waals surface area contributed by atoms with Crippen LogP contribution < -0.4 is 10.1 Å². The minimum absolute atomic E-state index is 0.127. The van der Waals surface area contributed by atoms with Gasteiger partial charge in [0.25, 0.3) is 11.8 Å². The van der Waals surface area contributed by atoms with E-state index in [4.69, 9.17) is 4.74 Å². The number of nitrogens with zero attached hydrogens (tertiary/aromatic N) is 2. The van der Waals surface area contributed by atoms with Crippen LogP contribution in [0.15, 0.2) is 46.2 Å². The van der Waals surface area contributed by atoms with Gasteiger partial charge in [0, 0.05) is 18.2 Å². The molecule has 1 aromatic heterocycles. The van der Waals surface area contributed by atoms with Crippen molar-refractivity contribution in [3.8, 4) is 11.6 Å². The van der Waals surface area contributed by atoms with Crippen LogP contribution in [0.1, 0.15) is 21.6 Å². The van der Waals surface area contributed by atoms with E-state index in [0.29, 0.717) is 18.4 Å². The quantitative estimate of drug-likeness (QED) is 0.445. The summed E-state index contributed by atoms with van der Waals surface area (Å²) in [7, 11) is -7.87. The van der Waals surface area contributed by atoms with Crippen LogP contribution >= 0.6 is 0 Å². The van der Waals surface area contributed by atoms with Gasteiger partial charge in [0.2, 0.25) is 5.82 Å². The van der Waals surface area contributed by atoms with E-state index in [1.54, 1.807) is 0 Å². The Morgan fingerprint density at radius 1 is 0.946 bits per heavy atom. The van der Waals surface area contributed by atoms with Gasteiger partial charge < -0.3 is 10.1 Å². The summed E-state index contributed by atoms with van der Waals surface area (Å²) < 4.78 is 121. The first-order chi connectivity index (χ1) is 16.9. The molecule has 0 saturated carbocycles. The zero-order chi connectivity index (χ0) is 27.9. The zero-order valence-electron chi connectivity index (χ0n) is 19.0. The van der Waals surface area contributed by atoms with Crippen LogP contribution in [-0.4, -0.2) is 45.5 Å². The number of amides is 1. The number of hydrogen-bond donors (Lipinski definition) is 1. The van der Waals surface area contributed by atoms with Crippen LogP contribution in [0, 0.1) is 18.6 Å². The summed E-state index contributed by atoms with van der Waals surface area (Å²) in [5.74, 6) is -6.86. The predicted octanol–water partition coefficient (Wildman–Crippen LogP) is 3.93. The molecule has 0 aliphatic carbocycles. The lowest BCUT2D eigenvalue weighted by Crippen LogP contribution is -2.21. The largest absolute Gasteiger partial charge is 0.435 e. The van der Waals surface area contributed by atoms with Gasteiger partial charge >= 0.3 is 6.18 Å². The maximum atomic E-state index is 14.5. The van der Waals surface area contributed by atoms with Gasteiger partial charge in [0.15, 0.2) is 36.9 Å². The molecule has 1 amide bonds. The molecule has 3 rings (SSSR count). The monoisotopic (exact) mass is 565 g/mol. The molecule has 0 aliphatic heterocycles. The SMILES string of the molecule is Cc1c(C(F)(F)F)nnc(Oc2ccc(S(C)(=O)=O)c(F)c2F)c1C(=O)Nc1cccc(S(C)(=O)=O)c1. The van der Waals surface area contributed by atoms with Crippen molar-refractivity contribution < 1.29 is 48.3 Å². The summed E-state index contributed by atoms with van der Waals surface area (Å²) in [5, 5.41) is 8.39. The summed E-state index contributed by atoms with van der Waals surface area (Å²) in [4.78, 5) is 11.8. The molecular weight excluding hydrogens is 549 g/mol. The van der Waals surface area contributed by atoms with Crippen LogP contribution in [-0.2, 0) is 25.9 Å². The molecule has 1 heterocycles. The first-order valence-electron chi connectivity index (χ1n) is 9.83. The molecule has 37 heavy (non-hydrogen) atoms. The fraction of sp³-hybridized carbons (Fsp3) is 0.190. The van der Waals surface area contributed by atoms with Gasteiger partial charge in [0.05, 0.1) is 4.90 Å². The fourth-order valence-corrected chi connectivity index (χ4v) is 4.49. The molecule has 0 fully saturated rings. The Labute approximate surface area is 207 Å². The van der Waals surface area contributed by atoms with Gasteiger partial charge in [-0.1, -0.05) is 6.07 Å². The van der Waals surface area contributed by atoms with Crippen LogP contribution in [0.25, 0.3) is 0 Å². The maximum Gasteiger partial charge on any atom is 0.435 e. The molecule has 0 bridgehead atoms. The predicted molar refractivity (Wildman–Crippen MR) is 119 cm³/mol. The van der Waals surface area contributed by atoms with Crippen molar-refractivity contribution in [1.82, 2.24) is 10.2 Å². The number of benzene rings is 2. The Morgan fingerprint density at radius 2 is 1.59 bits per heavy atom. The minimum Gasteiger partial charge on any atom is -0.434 e. The lowest BCUT2D eigenvalue weighted by molar-refractivity contribution is -0.142. The molecule has 0 atom stereocenters. The average molecular weight is 565 g/mol. The number of aromatic nitrogens is 2. The Bertz CT molecular complexity index is 1620. The number of sulfone groups is 2. The molecule has 3 aromatic rings. The molecule has 0 spiro atoms. The second-order valence-electron chi connectivity index (χ2n) is 7.67. The number of carbonyl (C=O) groups is 1. The number of carbonyl (C=O) groups excluding carboxylic acids is 1. The van der Waals surface area contributed by atoms with Crippen molar-refractivity contribution in [2.75, 3.05) is 17.8 Å². The number of hydrogen-bond acceptors (Lipinski definition) is 8.